The molecule has 116 valence electrons. The van der Waals surface area contributed by atoms with Crippen molar-refractivity contribution >= 4 is 11.6 Å². The molecule has 4 nitrogen and oxygen atoms in total. The SMILES string of the molecule is CC(CNC(=O)c1cc(F)c(N)c(F)c1)CN1CCCC1. The lowest BCUT2D eigenvalue weighted by molar-refractivity contribution is 0.0944. The van der Waals surface area contributed by atoms with Gasteiger partial charge >= 0.3 is 0 Å². The Morgan fingerprint density at radius 1 is 1.33 bits per heavy atom. The number of nitrogen functional groups attached to an aromatic ring is 1. The van der Waals surface area contributed by atoms with Crippen LogP contribution in [-0.4, -0.2) is 37.0 Å². The minimum atomic E-state index is -0.912. The van der Waals surface area contributed by atoms with Crippen LogP contribution in [-0.2, 0) is 0 Å². The van der Waals surface area contributed by atoms with Crippen LogP contribution < -0.4 is 11.1 Å². The van der Waals surface area contributed by atoms with E-state index in [2.05, 4.69) is 10.2 Å². The average Bonchev–Trinajstić information content (AvgIpc) is 2.94. The molecule has 21 heavy (non-hydrogen) atoms. The standard InChI is InChI=1S/C15H21F2N3O/c1-10(9-20-4-2-3-5-20)8-19-15(21)11-6-12(16)14(18)13(17)7-11/h6-7,10H,2-5,8-9,18H2,1H3,(H,19,21). The van der Waals surface area contributed by atoms with Crippen molar-refractivity contribution in [2.24, 2.45) is 5.92 Å². The zero-order chi connectivity index (χ0) is 15.4. The smallest absolute Gasteiger partial charge is 0.251 e. The summed E-state index contributed by atoms with van der Waals surface area (Å²) in [6.07, 6.45) is 2.45. The van der Waals surface area contributed by atoms with Gasteiger partial charge in [-0.15, -0.1) is 0 Å². The van der Waals surface area contributed by atoms with Crippen LogP contribution in [0.4, 0.5) is 14.5 Å². The molecule has 1 unspecified atom stereocenters. The number of nitrogens with zero attached hydrogens (tertiary/aromatic N) is 1. The lowest BCUT2D eigenvalue weighted by Gasteiger charge is -2.20. The number of anilines is 1. The molecule has 1 saturated heterocycles. The zero-order valence-electron chi connectivity index (χ0n) is 12.2. The van der Waals surface area contributed by atoms with Gasteiger partial charge in [-0.3, -0.25) is 4.79 Å². The Balaban J connectivity index is 1.86. The topological polar surface area (TPSA) is 58.4 Å². The molecule has 6 heteroatoms. The highest BCUT2D eigenvalue weighted by Gasteiger charge is 2.17. The predicted molar refractivity (Wildman–Crippen MR) is 77.9 cm³/mol. The summed E-state index contributed by atoms with van der Waals surface area (Å²) in [5.74, 6) is -2.02. The van der Waals surface area contributed by atoms with Crippen LogP contribution in [0.3, 0.4) is 0 Å². The van der Waals surface area contributed by atoms with Gasteiger partial charge in [-0.05, 0) is 44.0 Å². The van der Waals surface area contributed by atoms with Gasteiger partial charge in [0.05, 0.1) is 0 Å². The largest absolute Gasteiger partial charge is 0.394 e. The van der Waals surface area contributed by atoms with Gasteiger partial charge < -0.3 is 16.0 Å². The van der Waals surface area contributed by atoms with E-state index in [4.69, 9.17) is 5.73 Å². The number of carbonyl (C=O) groups is 1. The summed E-state index contributed by atoms with van der Waals surface area (Å²) >= 11 is 0. The molecule has 1 fully saturated rings. The van der Waals surface area contributed by atoms with Crippen molar-refractivity contribution in [1.82, 2.24) is 10.2 Å². The molecule has 0 aliphatic carbocycles. The number of amides is 1. The van der Waals surface area contributed by atoms with Crippen molar-refractivity contribution in [3.8, 4) is 0 Å². The molecule has 1 atom stereocenters. The molecular formula is C15H21F2N3O. The molecule has 1 heterocycles. The highest BCUT2D eigenvalue weighted by Crippen LogP contribution is 2.17. The Hall–Kier alpha value is -1.69. The predicted octanol–water partition coefficient (Wildman–Crippen LogP) is 2.01. The third kappa shape index (κ3) is 4.14. The van der Waals surface area contributed by atoms with Gasteiger partial charge in [0.25, 0.3) is 5.91 Å². The quantitative estimate of drug-likeness (QED) is 0.817. The van der Waals surface area contributed by atoms with Gasteiger partial charge in [-0.25, -0.2) is 8.78 Å². The molecule has 0 aromatic heterocycles. The van der Waals surface area contributed by atoms with E-state index in [1.807, 2.05) is 6.92 Å². The first-order valence-corrected chi connectivity index (χ1v) is 7.22. The monoisotopic (exact) mass is 297 g/mol. The number of nitrogens with one attached hydrogen (secondary N) is 1. The van der Waals surface area contributed by atoms with Crippen molar-refractivity contribution < 1.29 is 13.6 Å². The Kier molecular flexibility index (Phi) is 5.12. The zero-order valence-corrected chi connectivity index (χ0v) is 12.2. The molecule has 0 radical (unpaired) electrons. The number of halogens is 2. The molecule has 1 aliphatic rings. The first kappa shape index (κ1) is 15.7. The Labute approximate surface area is 123 Å². The van der Waals surface area contributed by atoms with E-state index in [0.29, 0.717) is 6.54 Å². The van der Waals surface area contributed by atoms with Gasteiger partial charge in [0.1, 0.15) is 17.3 Å². The second-order valence-corrected chi connectivity index (χ2v) is 5.68. The summed E-state index contributed by atoms with van der Waals surface area (Å²) in [6.45, 7) is 5.65. The van der Waals surface area contributed by atoms with Gasteiger partial charge in [-0.1, -0.05) is 6.92 Å². The van der Waals surface area contributed by atoms with Crippen LogP contribution in [0.2, 0.25) is 0 Å². The van der Waals surface area contributed by atoms with E-state index in [1.165, 1.54) is 12.8 Å². The van der Waals surface area contributed by atoms with E-state index >= 15 is 0 Å². The van der Waals surface area contributed by atoms with E-state index in [1.54, 1.807) is 0 Å². The van der Waals surface area contributed by atoms with Crippen molar-refractivity contribution in [1.29, 1.82) is 0 Å². The van der Waals surface area contributed by atoms with E-state index in [9.17, 15) is 13.6 Å². The summed E-state index contributed by atoms with van der Waals surface area (Å²) in [5, 5.41) is 2.71. The maximum atomic E-state index is 13.3. The number of hydrogen-bond donors (Lipinski definition) is 2. The summed E-state index contributed by atoms with van der Waals surface area (Å²) in [6, 6.07) is 1.91. The van der Waals surface area contributed by atoms with Gasteiger partial charge in [-0.2, -0.15) is 0 Å². The van der Waals surface area contributed by atoms with Crippen molar-refractivity contribution in [3.63, 3.8) is 0 Å². The lowest BCUT2D eigenvalue weighted by atomic mass is 10.1. The van der Waals surface area contributed by atoms with Crippen LogP contribution >= 0.6 is 0 Å². The summed E-state index contributed by atoms with van der Waals surface area (Å²) in [5.41, 5.74) is 4.57. The van der Waals surface area contributed by atoms with Gasteiger partial charge in [0.15, 0.2) is 0 Å². The molecule has 1 aromatic rings. The lowest BCUT2D eigenvalue weighted by Crippen LogP contribution is -2.34. The third-order valence-electron chi connectivity index (χ3n) is 3.72. The number of rotatable bonds is 5. The molecular weight excluding hydrogens is 276 g/mol. The fraction of sp³-hybridized carbons (Fsp3) is 0.533. The minimum absolute atomic E-state index is 0.0485. The number of nitrogens with two attached hydrogens (primary N) is 1. The molecule has 0 bridgehead atoms. The van der Waals surface area contributed by atoms with Gasteiger partial charge in [0, 0.05) is 18.7 Å². The summed E-state index contributed by atoms with van der Waals surface area (Å²) < 4.78 is 26.6. The number of carbonyl (C=O) groups excluding carboxylic acids is 1. The number of benzene rings is 1. The summed E-state index contributed by atoms with van der Waals surface area (Å²) in [4.78, 5) is 14.3. The fourth-order valence-electron chi connectivity index (χ4n) is 2.55. The molecule has 3 N–H and O–H groups in total. The highest BCUT2D eigenvalue weighted by atomic mass is 19.1. The molecule has 1 aliphatic heterocycles. The Bertz CT molecular complexity index is 493. The van der Waals surface area contributed by atoms with E-state index in [-0.39, 0.29) is 11.5 Å². The minimum Gasteiger partial charge on any atom is -0.394 e. The van der Waals surface area contributed by atoms with Crippen LogP contribution in [0.5, 0.6) is 0 Å². The maximum Gasteiger partial charge on any atom is 0.251 e. The Morgan fingerprint density at radius 2 is 1.90 bits per heavy atom. The maximum absolute atomic E-state index is 13.3. The second kappa shape index (κ2) is 6.85. The van der Waals surface area contributed by atoms with Crippen LogP contribution in [0.15, 0.2) is 12.1 Å². The molecule has 0 saturated carbocycles. The average molecular weight is 297 g/mol. The van der Waals surface area contributed by atoms with Crippen LogP contribution in [0.25, 0.3) is 0 Å². The first-order valence-electron chi connectivity index (χ1n) is 7.22. The second-order valence-electron chi connectivity index (χ2n) is 5.68. The first-order chi connectivity index (χ1) is 9.97. The van der Waals surface area contributed by atoms with E-state index in [0.717, 1.165) is 31.8 Å². The molecule has 1 aromatic carbocycles. The fourth-order valence-corrected chi connectivity index (χ4v) is 2.55. The molecule has 2 rings (SSSR count). The normalized spacial score (nSPS) is 16.9. The number of hydrogen-bond acceptors (Lipinski definition) is 3. The third-order valence-corrected chi connectivity index (χ3v) is 3.72. The Morgan fingerprint density at radius 3 is 2.48 bits per heavy atom. The van der Waals surface area contributed by atoms with Crippen molar-refractivity contribution in [2.75, 3.05) is 31.9 Å². The number of likely N-dealkylation sites (tertiary alicyclic amines) is 1. The van der Waals surface area contributed by atoms with Gasteiger partial charge in [0.2, 0.25) is 0 Å². The molecule has 1 amide bonds. The van der Waals surface area contributed by atoms with Crippen LogP contribution in [0, 0.1) is 17.6 Å². The van der Waals surface area contributed by atoms with Crippen LogP contribution in [0.1, 0.15) is 30.1 Å². The van der Waals surface area contributed by atoms with E-state index < -0.39 is 23.2 Å². The summed E-state index contributed by atoms with van der Waals surface area (Å²) in [7, 11) is 0. The highest BCUT2D eigenvalue weighted by molar-refractivity contribution is 5.94. The van der Waals surface area contributed by atoms with Crippen molar-refractivity contribution in [2.45, 2.75) is 19.8 Å². The molecule has 0 spiro atoms. The van der Waals surface area contributed by atoms with Crippen molar-refractivity contribution in [3.05, 3.63) is 29.3 Å².